The van der Waals surface area contributed by atoms with Crippen LogP contribution in [0.15, 0.2) is 18.2 Å². The van der Waals surface area contributed by atoms with Crippen molar-refractivity contribution in [2.75, 3.05) is 18.6 Å². The van der Waals surface area contributed by atoms with E-state index in [1.54, 1.807) is 23.9 Å². The van der Waals surface area contributed by atoms with Gasteiger partial charge in [-0.25, -0.2) is 4.39 Å². The summed E-state index contributed by atoms with van der Waals surface area (Å²) in [5, 5.41) is 12.5. The number of phenolic OH excluding ortho intramolecular Hbond substituents is 1. The number of hydrogen-bond donors (Lipinski definition) is 2. The molecule has 0 radical (unpaired) electrons. The predicted molar refractivity (Wildman–Crippen MR) is 62.8 cm³/mol. The molecule has 0 amide bonds. The van der Waals surface area contributed by atoms with Gasteiger partial charge in [0.1, 0.15) is 0 Å². The monoisotopic (exact) mass is 229 g/mol. The van der Waals surface area contributed by atoms with Gasteiger partial charge in [-0.15, -0.1) is 0 Å². The van der Waals surface area contributed by atoms with E-state index in [0.717, 1.165) is 18.7 Å². The van der Waals surface area contributed by atoms with E-state index in [4.69, 9.17) is 0 Å². The predicted octanol–water partition coefficient (Wildman–Crippen LogP) is 2.37. The molecule has 0 aliphatic carbocycles. The molecule has 0 saturated carbocycles. The van der Waals surface area contributed by atoms with E-state index in [9.17, 15) is 9.50 Å². The van der Waals surface area contributed by atoms with Crippen LogP contribution in [0.5, 0.6) is 5.75 Å². The van der Waals surface area contributed by atoms with Gasteiger partial charge in [0.25, 0.3) is 0 Å². The van der Waals surface area contributed by atoms with Gasteiger partial charge in [0.2, 0.25) is 0 Å². The third kappa shape index (κ3) is 4.10. The summed E-state index contributed by atoms with van der Waals surface area (Å²) in [7, 11) is 0. The molecule has 0 spiro atoms. The molecule has 1 aromatic carbocycles. The number of para-hydroxylation sites is 1. The lowest BCUT2D eigenvalue weighted by molar-refractivity contribution is 0.423. The molecule has 0 fully saturated rings. The van der Waals surface area contributed by atoms with Gasteiger partial charge < -0.3 is 10.4 Å². The van der Waals surface area contributed by atoms with Crippen molar-refractivity contribution in [2.24, 2.45) is 0 Å². The fourth-order valence-electron chi connectivity index (χ4n) is 1.27. The third-order valence-electron chi connectivity index (χ3n) is 2.09. The Morgan fingerprint density at radius 1 is 1.47 bits per heavy atom. The largest absolute Gasteiger partial charge is 0.505 e. The molecule has 4 heteroatoms. The Morgan fingerprint density at radius 2 is 2.27 bits per heavy atom. The molecular formula is C11H16FNOS. The van der Waals surface area contributed by atoms with Gasteiger partial charge in [-0.3, -0.25) is 0 Å². The van der Waals surface area contributed by atoms with E-state index in [0.29, 0.717) is 12.1 Å². The summed E-state index contributed by atoms with van der Waals surface area (Å²) < 4.78 is 12.9. The Bertz CT molecular complexity index is 307. The highest BCUT2D eigenvalue weighted by Crippen LogP contribution is 2.20. The first kappa shape index (κ1) is 12.3. The molecule has 0 aliphatic heterocycles. The molecule has 1 aromatic rings. The minimum atomic E-state index is -0.557. The van der Waals surface area contributed by atoms with Crippen LogP contribution in [0.2, 0.25) is 0 Å². The van der Waals surface area contributed by atoms with Crippen LogP contribution in [-0.4, -0.2) is 23.7 Å². The highest BCUT2D eigenvalue weighted by Gasteiger charge is 2.04. The fourth-order valence-corrected chi connectivity index (χ4v) is 1.70. The van der Waals surface area contributed by atoms with Crippen LogP contribution in [0.3, 0.4) is 0 Å². The molecule has 15 heavy (non-hydrogen) atoms. The summed E-state index contributed by atoms with van der Waals surface area (Å²) in [4.78, 5) is 0. The topological polar surface area (TPSA) is 32.3 Å². The maximum absolute atomic E-state index is 12.9. The lowest BCUT2D eigenvalue weighted by Gasteiger charge is -2.06. The molecule has 0 heterocycles. The van der Waals surface area contributed by atoms with Gasteiger partial charge in [0.15, 0.2) is 11.6 Å². The van der Waals surface area contributed by atoms with Crippen molar-refractivity contribution >= 4 is 11.8 Å². The number of nitrogens with one attached hydrogen (secondary N) is 1. The van der Waals surface area contributed by atoms with Crippen molar-refractivity contribution in [1.82, 2.24) is 5.32 Å². The number of benzene rings is 1. The van der Waals surface area contributed by atoms with Gasteiger partial charge in [-0.1, -0.05) is 12.1 Å². The summed E-state index contributed by atoms with van der Waals surface area (Å²) in [6.07, 6.45) is 3.15. The van der Waals surface area contributed by atoms with E-state index >= 15 is 0 Å². The number of thioether (sulfide) groups is 1. The van der Waals surface area contributed by atoms with E-state index in [1.807, 2.05) is 0 Å². The number of phenols is 1. The third-order valence-corrected chi connectivity index (χ3v) is 2.78. The van der Waals surface area contributed by atoms with Crippen molar-refractivity contribution in [3.63, 3.8) is 0 Å². The molecule has 0 atom stereocenters. The zero-order valence-corrected chi connectivity index (χ0v) is 9.61. The number of rotatable bonds is 6. The van der Waals surface area contributed by atoms with Gasteiger partial charge in [-0.05, 0) is 31.0 Å². The molecule has 84 valence electrons. The molecule has 0 aliphatic rings. The zero-order chi connectivity index (χ0) is 11.1. The Hall–Kier alpha value is -0.740. The van der Waals surface area contributed by atoms with Crippen LogP contribution in [0.25, 0.3) is 0 Å². The van der Waals surface area contributed by atoms with Crippen LogP contribution in [0, 0.1) is 5.82 Å². The summed E-state index contributed by atoms with van der Waals surface area (Å²) in [5.74, 6) is 0.315. The fraction of sp³-hybridized carbons (Fsp3) is 0.455. The van der Waals surface area contributed by atoms with Crippen LogP contribution < -0.4 is 5.32 Å². The molecule has 0 unspecified atom stereocenters. The molecule has 0 saturated heterocycles. The first-order valence-corrected chi connectivity index (χ1v) is 6.31. The summed E-state index contributed by atoms with van der Waals surface area (Å²) in [6.45, 7) is 1.40. The summed E-state index contributed by atoms with van der Waals surface area (Å²) in [5.41, 5.74) is 0.610. The maximum Gasteiger partial charge on any atom is 0.165 e. The molecular weight excluding hydrogens is 213 g/mol. The number of aromatic hydroxyl groups is 1. The summed E-state index contributed by atoms with van der Waals surface area (Å²) in [6, 6.07) is 4.58. The van der Waals surface area contributed by atoms with E-state index in [-0.39, 0.29) is 5.75 Å². The minimum absolute atomic E-state index is 0.241. The Morgan fingerprint density at radius 3 is 3.00 bits per heavy atom. The molecule has 1 rings (SSSR count). The molecule has 0 aromatic heterocycles. The normalized spacial score (nSPS) is 10.5. The van der Waals surface area contributed by atoms with Crippen molar-refractivity contribution in [3.05, 3.63) is 29.6 Å². The summed E-state index contributed by atoms with van der Waals surface area (Å²) >= 11 is 1.80. The van der Waals surface area contributed by atoms with Crippen LogP contribution >= 0.6 is 11.8 Å². The molecule has 2 N–H and O–H groups in total. The van der Waals surface area contributed by atoms with E-state index in [2.05, 4.69) is 11.6 Å². The van der Waals surface area contributed by atoms with Crippen LogP contribution in [0.1, 0.15) is 12.0 Å². The lowest BCUT2D eigenvalue weighted by atomic mass is 10.2. The van der Waals surface area contributed by atoms with Crippen LogP contribution in [0.4, 0.5) is 4.39 Å². The average molecular weight is 229 g/mol. The number of halogens is 1. The van der Waals surface area contributed by atoms with Gasteiger partial charge >= 0.3 is 0 Å². The number of hydrogen-bond acceptors (Lipinski definition) is 3. The first-order valence-electron chi connectivity index (χ1n) is 4.91. The van der Waals surface area contributed by atoms with E-state index < -0.39 is 5.82 Å². The maximum atomic E-state index is 12.9. The zero-order valence-electron chi connectivity index (χ0n) is 8.79. The Labute approximate surface area is 93.9 Å². The lowest BCUT2D eigenvalue weighted by Crippen LogP contribution is -2.15. The van der Waals surface area contributed by atoms with Gasteiger partial charge in [0.05, 0.1) is 0 Å². The van der Waals surface area contributed by atoms with Gasteiger partial charge in [0, 0.05) is 12.1 Å². The van der Waals surface area contributed by atoms with Crippen molar-refractivity contribution < 1.29 is 9.50 Å². The Kier molecular flexibility index (Phi) is 5.50. The molecule has 2 nitrogen and oxygen atoms in total. The highest BCUT2D eigenvalue weighted by atomic mass is 32.2. The molecule has 0 bridgehead atoms. The second-order valence-corrected chi connectivity index (χ2v) is 4.26. The second-order valence-electron chi connectivity index (χ2n) is 3.27. The quantitative estimate of drug-likeness (QED) is 0.735. The highest BCUT2D eigenvalue weighted by molar-refractivity contribution is 7.98. The minimum Gasteiger partial charge on any atom is -0.505 e. The second kappa shape index (κ2) is 6.69. The average Bonchev–Trinajstić information content (AvgIpc) is 2.24. The Balaban J connectivity index is 2.34. The van der Waals surface area contributed by atoms with Gasteiger partial charge in [-0.2, -0.15) is 11.8 Å². The van der Waals surface area contributed by atoms with E-state index in [1.165, 1.54) is 6.07 Å². The standard InChI is InChI=1S/C11H16FNOS/c1-15-7-3-6-13-8-9-4-2-5-10(12)11(9)14/h2,4-5,13-14H,3,6-8H2,1H3. The smallest absolute Gasteiger partial charge is 0.165 e. The van der Waals surface area contributed by atoms with Crippen molar-refractivity contribution in [3.8, 4) is 5.75 Å². The van der Waals surface area contributed by atoms with Crippen molar-refractivity contribution in [1.29, 1.82) is 0 Å². The van der Waals surface area contributed by atoms with Crippen LogP contribution in [-0.2, 0) is 6.54 Å². The SMILES string of the molecule is CSCCCNCc1cccc(F)c1O. The first-order chi connectivity index (χ1) is 7.25. The van der Waals surface area contributed by atoms with Crippen molar-refractivity contribution in [2.45, 2.75) is 13.0 Å².